The zero-order chi connectivity index (χ0) is 25.2. The predicted molar refractivity (Wildman–Crippen MR) is 135 cm³/mol. The Kier molecular flexibility index (Phi) is 9.14. The second-order valence-electron chi connectivity index (χ2n) is 7.33. The van der Waals surface area contributed by atoms with Gasteiger partial charge in [-0.2, -0.15) is 0 Å². The molecule has 0 aliphatic heterocycles. The van der Waals surface area contributed by atoms with Crippen LogP contribution in [0.25, 0.3) is 0 Å². The average Bonchev–Trinajstić information content (AvgIpc) is 2.88. The van der Waals surface area contributed by atoms with Gasteiger partial charge in [-0.05, 0) is 55.5 Å². The van der Waals surface area contributed by atoms with Crippen molar-refractivity contribution in [1.82, 2.24) is 0 Å². The molecule has 3 aromatic carbocycles. The molecule has 0 aliphatic rings. The number of ether oxygens (including phenoxy) is 3. The van der Waals surface area contributed by atoms with Gasteiger partial charge in [-0.25, -0.2) is 4.79 Å². The summed E-state index contributed by atoms with van der Waals surface area (Å²) in [5.41, 5.74) is 1.44. The third-order valence-electron chi connectivity index (χ3n) is 4.83. The summed E-state index contributed by atoms with van der Waals surface area (Å²) >= 11 is 1.20. The Balaban J connectivity index is 1.57. The second kappa shape index (κ2) is 12.5. The molecule has 9 heteroatoms. The molecule has 0 heterocycles. The Bertz CT molecular complexity index is 1180. The van der Waals surface area contributed by atoms with E-state index in [4.69, 9.17) is 14.2 Å². The number of thioether (sulfide) groups is 1. The highest BCUT2D eigenvalue weighted by Crippen LogP contribution is 2.25. The number of amides is 2. The fourth-order valence-corrected chi connectivity index (χ4v) is 3.84. The first-order valence-corrected chi connectivity index (χ1v) is 11.7. The van der Waals surface area contributed by atoms with Crippen LogP contribution in [-0.2, 0) is 14.3 Å². The third-order valence-corrected chi connectivity index (χ3v) is 5.90. The molecule has 1 unspecified atom stereocenters. The van der Waals surface area contributed by atoms with Crippen molar-refractivity contribution in [2.45, 2.75) is 17.9 Å². The molecular weight excluding hydrogens is 468 g/mol. The van der Waals surface area contributed by atoms with E-state index in [0.717, 1.165) is 0 Å². The molecule has 3 rings (SSSR count). The van der Waals surface area contributed by atoms with Crippen LogP contribution in [0.1, 0.15) is 17.3 Å². The van der Waals surface area contributed by atoms with Crippen LogP contribution in [0.15, 0.2) is 77.7 Å². The highest BCUT2D eigenvalue weighted by atomic mass is 32.2. The first kappa shape index (κ1) is 25.6. The third kappa shape index (κ3) is 7.51. The molecule has 0 saturated carbocycles. The first-order chi connectivity index (χ1) is 16.9. The van der Waals surface area contributed by atoms with E-state index < -0.39 is 18.0 Å². The summed E-state index contributed by atoms with van der Waals surface area (Å²) in [6.07, 6.45) is -1.03. The van der Waals surface area contributed by atoms with Crippen LogP contribution in [0.2, 0.25) is 0 Å². The monoisotopic (exact) mass is 494 g/mol. The molecule has 1 atom stereocenters. The van der Waals surface area contributed by atoms with Crippen LogP contribution < -0.4 is 20.1 Å². The van der Waals surface area contributed by atoms with E-state index in [1.54, 1.807) is 87.0 Å². The van der Waals surface area contributed by atoms with E-state index in [1.165, 1.54) is 18.7 Å². The number of methoxy groups -OCH3 is 2. The fourth-order valence-electron chi connectivity index (χ4n) is 3.00. The molecule has 2 N–H and O–H groups in total. The van der Waals surface area contributed by atoms with Crippen LogP contribution in [0.4, 0.5) is 11.4 Å². The Morgan fingerprint density at radius 2 is 1.54 bits per heavy atom. The van der Waals surface area contributed by atoms with Crippen LogP contribution in [0.3, 0.4) is 0 Å². The standard InChI is InChI=1S/C26H26N2O6S/c1-17(25(30)28-18-11-13-20(32-2)14-12-18)34-26(31)22-9-4-5-10-23(22)35-16-24(29)27-19-7-6-8-21(15-19)33-3/h4-15,17H,16H2,1-3H3,(H,27,29)(H,28,30). The maximum Gasteiger partial charge on any atom is 0.340 e. The number of benzene rings is 3. The summed E-state index contributed by atoms with van der Waals surface area (Å²) in [6, 6.07) is 20.6. The van der Waals surface area contributed by atoms with Crippen LogP contribution in [0.5, 0.6) is 11.5 Å². The summed E-state index contributed by atoms with van der Waals surface area (Å²) in [5.74, 6) is 0.0146. The quantitative estimate of drug-likeness (QED) is 0.313. The number of carbonyl (C=O) groups excluding carboxylic acids is 3. The molecule has 8 nitrogen and oxygen atoms in total. The van der Waals surface area contributed by atoms with E-state index in [0.29, 0.717) is 27.8 Å². The lowest BCUT2D eigenvalue weighted by molar-refractivity contribution is -0.123. The van der Waals surface area contributed by atoms with Gasteiger partial charge in [0.25, 0.3) is 5.91 Å². The van der Waals surface area contributed by atoms with Gasteiger partial charge < -0.3 is 24.8 Å². The maximum atomic E-state index is 12.8. The van der Waals surface area contributed by atoms with Crippen LogP contribution in [-0.4, -0.2) is 43.9 Å². The molecule has 0 saturated heterocycles. The lowest BCUT2D eigenvalue weighted by Gasteiger charge is -2.15. The molecule has 3 aromatic rings. The van der Waals surface area contributed by atoms with Gasteiger partial charge in [0, 0.05) is 22.3 Å². The highest BCUT2D eigenvalue weighted by Gasteiger charge is 2.21. The van der Waals surface area contributed by atoms with Crippen molar-refractivity contribution < 1.29 is 28.6 Å². The number of hydrogen-bond donors (Lipinski definition) is 2. The summed E-state index contributed by atoms with van der Waals surface area (Å²) in [5, 5.41) is 5.49. The number of nitrogens with one attached hydrogen (secondary N) is 2. The summed E-state index contributed by atoms with van der Waals surface area (Å²) in [6.45, 7) is 1.49. The number of esters is 1. The van der Waals surface area contributed by atoms with Crippen molar-refractivity contribution in [3.63, 3.8) is 0 Å². The predicted octanol–water partition coefficient (Wildman–Crippen LogP) is 4.62. The van der Waals surface area contributed by atoms with Gasteiger partial charge in [0.2, 0.25) is 5.91 Å². The molecule has 0 aromatic heterocycles. The Hall–Kier alpha value is -3.98. The molecule has 2 amide bonds. The zero-order valence-electron chi connectivity index (χ0n) is 19.6. The van der Waals surface area contributed by atoms with Crippen molar-refractivity contribution in [2.24, 2.45) is 0 Å². The molecule has 0 bridgehead atoms. The normalized spacial score (nSPS) is 11.2. The minimum absolute atomic E-state index is 0.0784. The average molecular weight is 495 g/mol. The Labute approximate surface area is 208 Å². The maximum absolute atomic E-state index is 12.8. The minimum Gasteiger partial charge on any atom is -0.497 e. The van der Waals surface area contributed by atoms with Crippen LogP contribution >= 0.6 is 11.8 Å². The Morgan fingerprint density at radius 3 is 2.26 bits per heavy atom. The lowest BCUT2D eigenvalue weighted by atomic mass is 10.2. The van der Waals surface area contributed by atoms with Gasteiger partial charge in [0.05, 0.1) is 25.5 Å². The van der Waals surface area contributed by atoms with Crippen molar-refractivity contribution in [3.8, 4) is 11.5 Å². The largest absolute Gasteiger partial charge is 0.497 e. The fraction of sp³-hybridized carbons (Fsp3) is 0.192. The van der Waals surface area contributed by atoms with Crippen LogP contribution in [0, 0.1) is 0 Å². The van der Waals surface area contributed by atoms with Crippen molar-refractivity contribution in [3.05, 3.63) is 78.4 Å². The minimum atomic E-state index is -1.03. The number of carbonyl (C=O) groups is 3. The molecule has 0 spiro atoms. The second-order valence-corrected chi connectivity index (χ2v) is 8.35. The number of rotatable bonds is 10. The molecular formula is C26H26N2O6S. The van der Waals surface area contributed by atoms with E-state index in [-0.39, 0.29) is 17.2 Å². The molecule has 0 fully saturated rings. The summed E-state index contributed by atoms with van der Waals surface area (Å²) < 4.78 is 15.6. The lowest BCUT2D eigenvalue weighted by Crippen LogP contribution is -2.30. The van der Waals surface area contributed by atoms with Gasteiger partial charge in [-0.1, -0.05) is 18.2 Å². The van der Waals surface area contributed by atoms with Gasteiger partial charge in [0.15, 0.2) is 6.10 Å². The summed E-state index contributed by atoms with van der Waals surface area (Å²) in [4.78, 5) is 38.2. The topological polar surface area (TPSA) is 103 Å². The zero-order valence-corrected chi connectivity index (χ0v) is 20.4. The number of hydrogen-bond acceptors (Lipinski definition) is 7. The Morgan fingerprint density at radius 1 is 0.829 bits per heavy atom. The van der Waals surface area contributed by atoms with E-state index >= 15 is 0 Å². The summed E-state index contributed by atoms with van der Waals surface area (Å²) in [7, 11) is 3.11. The van der Waals surface area contributed by atoms with Crippen molar-refractivity contribution in [1.29, 1.82) is 0 Å². The van der Waals surface area contributed by atoms with Gasteiger partial charge in [0.1, 0.15) is 11.5 Å². The van der Waals surface area contributed by atoms with Gasteiger partial charge >= 0.3 is 5.97 Å². The van der Waals surface area contributed by atoms with E-state index in [2.05, 4.69) is 10.6 Å². The molecule has 0 radical (unpaired) electrons. The first-order valence-electron chi connectivity index (χ1n) is 10.7. The highest BCUT2D eigenvalue weighted by molar-refractivity contribution is 8.00. The smallest absolute Gasteiger partial charge is 0.340 e. The SMILES string of the molecule is COc1ccc(NC(=O)C(C)OC(=O)c2ccccc2SCC(=O)Nc2cccc(OC)c2)cc1. The van der Waals surface area contributed by atoms with Gasteiger partial charge in [-0.15, -0.1) is 11.8 Å². The van der Waals surface area contributed by atoms with Crippen molar-refractivity contribution in [2.75, 3.05) is 30.6 Å². The van der Waals surface area contributed by atoms with E-state index in [9.17, 15) is 14.4 Å². The van der Waals surface area contributed by atoms with Crippen molar-refractivity contribution >= 4 is 40.9 Å². The molecule has 0 aliphatic carbocycles. The van der Waals surface area contributed by atoms with Gasteiger partial charge in [-0.3, -0.25) is 9.59 Å². The number of anilines is 2. The molecule has 182 valence electrons. The molecule has 35 heavy (non-hydrogen) atoms. The van der Waals surface area contributed by atoms with E-state index in [1.807, 2.05) is 0 Å².